The minimum atomic E-state index is -3.04. The van der Waals surface area contributed by atoms with Crippen molar-refractivity contribution in [1.82, 2.24) is 0 Å². The molecular weight excluding hydrogens is 338 g/mol. The zero-order valence-corrected chi connectivity index (χ0v) is 13.6. The van der Waals surface area contributed by atoms with Gasteiger partial charge in [-0.05, 0) is 56.2 Å². The molecule has 0 amide bonds. The molecule has 0 aromatic rings. The summed E-state index contributed by atoms with van der Waals surface area (Å²) in [6.07, 6.45) is 3.20. The minimum Gasteiger partial charge on any atom is -0.305 e. The summed E-state index contributed by atoms with van der Waals surface area (Å²) in [5.41, 5.74) is 1.12. The molecule has 0 unspecified atom stereocenters. The topological polar surface area (TPSA) is 35.5 Å². The van der Waals surface area contributed by atoms with Gasteiger partial charge >= 0.3 is 7.60 Å². The Morgan fingerprint density at radius 2 is 1.69 bits per heavy atom. The minimum absolute atomic E-state index is 0.408. The van der Waals surface area contributed by atoms with E-state index in [0.717, 1.165) is 28.2 Å². The number of hydrogen-bond acceptors (Lipinski definition) is 3. The third kappa shape index (κ3) is 5.30. The molecule has 0 radical (unpaired) electrons. The van der Waals surface area contributed by atoms with Gasteiger partial charge in [0.05, 0.1) is 13.2 Å². The van der Waals surface area contributed by atoms with Crippen molar-refractivity contribution in [3.63, 3.8) is 0 Å². The fourth-order valence-electron chi connectivity index (χ4n) is 1.27. The summed E-state index contributed by atoms with van der Waals surface area (Å²) >= 11 is 2.10. The number of hydrogen-bond donors (Lipinski definition) is 0. The van der Waals surface area contributed by atoms with Gasteiger partial charge in [0, 0.05) is 0 Å². The van der Waals surface area contributed by atoms with E-state index in [2.05, 4.69) is 29.5 Å². The lowest BCUT2D eigenvalue weighted by Crippen LogP contribution is -1.97. The van der Waals surface area contributed by atoms with Crippen molar-refractivity contribution in [3.8, 4) is 0 Å². The highest BCUT2D eigenvalue weighted by Crippen LogP contribution is 2.60. The van der Waals surface area contributed by atoms with E-state index < -0.39 is 7.60 Å². The second-order valence-corrected chi connectivity index (χ2v) is 7.40. The summed E-state index contributed by atoms with van der Waals surface area (Å²) in [6, 6.07) is 0. The summed E-state index contributed by atoms with van der Waals surface area (Å²) < 4.78 is 23.8. The summed E-state index contributed by atoms with van der Waals surface area (Å²) in [5.74, 6) is 0. The van der Waals surface area contributed by atoms with Crippen molar-refractivity contribution in [1.29, 1.82) is 0 Å². The van der Waals surface area contributed by atoms with Crippen LogP contribution in [0.4, 0.5) is 0 Å². The molecule has 0 fully saturated rings. The standard InChI is InChI=1S/C11H22IO3P/c1-5-8-9-10(4)11(12)16(13,14-6-2)15-7-3/h5-9H2,1-4H3/b11-10-. The smallest absolute Gasteiger partial charge is 0.305 e. The lowest BCUT2D eigenvalue weighted by molar-refractivity contribution is 0.228. The lowest BCUT2D eigenvalue weighted by atomic mass is 10.2. The Labute approximate surface area is 113 Å². The van der Waals surface area contributed by atoms with E-state index in [0.29, 0.717) is 13.2 Å². The molecule has 0 aliphatic heterocycles. The first kappa shape index (κ1) is 16.6. The van der Waals surface area contributed by atoms with Crippen molar-refractivity contribution in [2.45, 2.75) is 47.0 Å². The Balaban J connectivity index is 4.83. The molecule has 0 aromatic carbocycles. The van der Waals surface area contributed by atoms with Crippen LogP contribution in [0.1, 0.15) is 47.0 Å². The van der Waals surface area contributed by atoms with Gasteiger partial charge in [0.25, 0.3) is 0 Å². The van der Waals surface area contributed by atoms with Crippen molar-refractivity contribution < 1.29 is 13.6 Å². The second-order valence-electron chi connectivity index (χ2n) is 3.51. The van der Waals surface area contributed by atoms with E-state index >= 15 is 0 Å². The molecular formula is C11H22IO3P. The zero-order valence-electron chi connectivity index (χ0n) is 10.6. The van der Waals surface area contributed by atoms with Gasteiger partial charge < -0.3 is 9.05 Å². The normalized spacial score (nSPS) is 13.8. The van der Waals surface area contributed by atoms with Gasteiger partial charge in [-0.15, -0.1) is 0 Å². The molecule has 0 spiro atoms. The molecule has 0 N–H and O–H groups in total. The van der Waals surface area contributed by atoms with Crippen molar-refractivity contribution in [3.05, 3.63) is 8.89 Å². The quantitative estimate of drug-likeness (QED) is 0.446. The van der Waals surface area contributed by atoms with Gasteiger partial charge in [-0.2, -0.15) is 0 Å². The molecule has 5 heteroatoms. The summed E-state index contributed by atoms with van der Waals surface area (Å²) in [5, 5.41) is 0. The Morgan fingerprint density at radius 1 is 1.19 bits per heavy atom. The third-order valence-electron chi connectivity index (χ3n) is 2.10. The lowest BCUT2D eigenvalue weighted by Gasteiger charge is -2.18. The molecule has 0 aromatic heterocycles. The monoisotopic (exact) mass is 360 g/mol. The zero-order chi connectivity index (χ0) is 12.6. The predicted octanol–water partition coefficient (Wildman–Crippen LogP) is 5.11. The number of halogens is 1. The maximum absolute atomic E-state index is 12.4. The van der Waals surface area contributed by atoms with Gasteiger partial charge in [-0.25, -0.2) is 0 Å². The molecule has 0 heterocycles. The van der Waals surface area contributed by atoms with Crippen LogP contribution in [0.5, 0.6) is 0 Å². The fraction of sp³-hybridized carbons (Fsp3) is 0.818. The summed E-state index contributed by atoms with van der Waals surface area (Å²) in [6.45, 7) is 8.62. The first-order valence-corrected chi connectivity index (χ1v) is 8.38. The van der Waals surface area contributed by atoms with Crippen LogP contribution in [0.15, 0.2) is 8.89 Å². The molecule has 96 valence electrons. The van der Waals surface area contributed by atoms with Crippen LogP contribution in [0.2, 0.25) is 0 Å². The molecule has 3 nitrogen and oxygen atoms in total. The van der Waals surface area contributed by atoms with Gasteiger partial charge in [0.15, 0.2) is 0 Å². The van der Waals surface area contributed by atoms with Crippen molar-refractivity contribution >= 4 is 30.2 Å². The maximum atomic E-state index is 12.4. The number of unbranched alkanes of at least 4 members (excludes halogenated alkanes) is 1. The van der Waals surface area contributed by atoms with Crippen LogP contribution in [0.25, 0.3) is 0 Å². The van der Waals surface area contributed by atoms with Crippen LogP contribution in [0, 0.1) is 0 Å². The molecule has 0 rings (SSSR count). The first-order chi connectivity index (χ1) is 7.51. The van der Waals surface area contributed by atoms with Crippen LogP contribution < -0.4 is 0 Å². The highest BCUT2D eigenvalue weighted by Gasteiger charge is 2.29. The Morgan fingerprint density at radius 3 is 2.06 bits per heavy atom. The highest BCUT2D eigenvalue weighted by atomic mass is 127. The second kappa shape index (κ2) is 8.67. The molecule has 16 heavy (non-hydrogen) atoms. The van der Waals surface area contributed by atoms with E-state index in [9.17, 15) is 4.57 Å². The van der Waals surface area contributed by atoms with Gasteiger partial charge in [-0.3, -0.25) is 4.57 Å². The molecule has 0 atom stereocenters. The van der Waals surface area contributed by atoms with Gasteiger partial charge in [-0.1, -0.05) is 18.9 Å². The molecule has 0 saturated heterocycles. The van der Waals surface area contributed by atoms with E-state index in [4.69, 9.17) is 9.05 Å². The number of rotatable bonds is 8. The molecule has 0 saturated carbocycles. The Bertz CT molecular complexity index is 266. The molecule has 0 bridgehead atoms. The average molecular weight is 360 g/mol. The Hall–Kier alpha value is 0.620. The van der Waals surface area contributed by atoms with Gasteiger partial charge in [0.1, 0.15) is 3.32 Å². The third-order valence-corrected chi connectivity index (χ3v) is 6.85. The predicted molar refractivity (Wildman–Crippen MR) is 77.1 cm³/mol. The van der Waals surface area contributed by atoms with Crippen molar-refractivity contribution in [2.24, 2.45) is 0 Å². The maximum Gasteiger partial charge on any atom is 0.367 e. The van der Waals surface area contributed by atoms with Gasteiger partial charge in [0.2, 0.25) is 0 Å². The molecule has 0 aliphatic carbocycles. The van der Waals surface area contributed by atoms with E-state index in [-0.39, 0.29) is 0 Å². The van der Waals surface area contributed by atoms with E-state index in [1.807, 2.05) is 20.8 Å². The SMILES string of the molecule is CCCC/C(C)=C(/I)P(=O)(OCC)OCC. The first-order valence-electron chi connectivity index (χ1n) is 5.76. The van der Waals surface area contributed by atoms with Crippen LogP contribution in [-0.2, 0) is 13.6 Å². The highest BCUT2D eigenvalue weighted by molar-refractivity contribution is 14.1. The largest absolute Gasteiger partial charge is 0.367 e. The van der Waals surface area contributed by atoms with Crippen molar-refractivity contribution in [2.75, 3.05) is 13.2 Å². The Kier molecular flexibility index (Phi) is 9.01. The summed E-state index contributed by atoms with van der Waals surface area (Å²) in [4.78, 5) is 0. The fourth-order valence-corrected chi connectivity index (χ4v) is 3.94. The van der Waals surface area contributed by atoms with E-state index in [1.165, 1.54) is 0 Å². The van der Waals surface area contributed by atoms with E-state index in [1.54, 1.807) is 0 Å². The van der Waals surface area contributed by atoms with Crippen LogP contribution >= 0.6 is 30.2 Å². The summed E-state index contributed by atoms with van der Waals surface area (Å²) in [7, 11) is -3.04. The number of allylic oxidation sites excluding steroid dienone is 1. The van der Waals surface area contributed by atoms with Crippen LogP contribution in [-0.4, -0.2) is 13.2 Å². The average Bonchev–Trinajstić information content (AvgIpc) is 2.25. The molecule has 0 aliphatic rings. The van der Waals surface area contributed by atoms with Crippen LogP contribution in [0.3, 0.4) is 0 Å².